The highest BCUT2D eigenvalue weighted by atomic mass is 19.1. The second-order valence-electron chi connectivity index (χ2n) is 7.85. The normalized spacial score (nSPS) is 21.7. The average molecular weight is 427 g/mol. The zero-order chi connectivity index (χ0) is 21.8. The monoisotopic (exact) mass is 427 g/mol. The fourth-order valence-corrected chi connectivity index (χ4v) is 4.17. The lowest BCUT2D eigenvalue weighted by Gasteiger charge is -2.32. The number of benzene rings is 1. The smallest absolute Gasteiger partial charge is 0.310 e. The first-order valence-electron chi connectivity index (χ1n) is 10.6. The number of nitrogens with zero attached hydrogens (tertiary/aromatic N) is 3. The van der Waals surface area contributed by atoms with E-state index in [1.54, 1.807) is 31.4 Å². The van der Waals surface area contributed by atoms with Crippen LogP contribution in [-0.2, 0) is 14.3 Å². The molecular weight excluding hydrogens is 401 g/mol. The van der Waals surface area contributed by atoms with Crippen molar-refractivity contribution in [1.82, 2.24) is 9.91 Å². The third kappa shape index (κ3) is 4.85. The van der Waals surface area contributed by atoms with Crippen LogP contribution in [0.4, 0.5) is 4.39 Å². The van der Waals surface area contributed by atoms with Crippen LogP contribution < -0.4 is 0 Å². The number of likely N-dealkylation sites (tertiary alicyclic amines) is 1. The van der Waals surface area contributed by atoms with Crippen LogP contribution in [-0.4, -0.2) is 53.7 Å². The number of hydrogen-bond donors (Lipinski definition) is 0. The fourth-order valence-electron chi connectivity index (χ4n) is 4.17. The van der Waals surface area contributed by atoms with Gasteiger partial charge in [0.05, 0.1) is 31.0 Å². The Balaban J connectivity index is 1.49. The van der Waals surface area contributed by atoms with E-state index in [0.717, 1.165) is 24.9 Å². The molecule has 0 N–H and O–H groups in total. The van der Waals surface area contributed by atoms with E-state index in [0.29, 0.717) is 31.0 Å². The largest absolute Gasteiger partial charge is 0.467 e. The molecule has 2 aromatic rings. The number of rotatable bonds is 6. The lowest BCUT2D eigenvalue weighted by molar-refractivity contribution is -0.150. The molecule has 31 heavy (non-hydrogen) atoms. The SMILES string of the molecule is CCOC(=O)[C@@H]1CCCN(CC(=O)N2N=C(c3ccc(F)cc3)C[C@H]2c2ccco2)C1. The summed E-state index contributed by atoms with van der Waals surface area (Å²) in [6.45, 7) is 3.55. The van der Waals surface area contributed by atoms with Crippen molar-refractivity contribution in [3.63, 3.8) is 0 Å². The minimum atomic E-state index is -0.354. The van der Waals surface area contributed by atoms with Crippen LogP contribution >= 0.6 is 0 Å². The highest BCUT2D eigenvalue weighted by Crippen LogP contribution is 2.33. The van der Waals surface area contributed by atoms with Crippen LogP contribution in [0.2, 0.25) is 0 Å². The molecule has 3 heterocycles. The molecule has 1 aromatic carbocycles. The van der Waals surface area contributed by atoms with Crippen LogP contribution in [0, 0.1) is 11.7 Å². The maximum atomic E-state index is 13.3. The van der Waals surface area contributed by atoms with Crippen molar-refractivity contribution in [3.8, 4) is 0 Å². The molecule has 2 atom stereocenters. The predicted octanol–water partition coefficient (Wildman–Crippen LogP) is 3.37. The summed E-state index contributed by atoms with van der Waals surface area (Å²) in [5, 5.41) is 6.04. The van der Waals surface area contributed by atoms with Crippen LogP contribution in [0.1, 0.15) is 43.6 Å². The standard InChI is InChI=1S/C23H26FN3O4/c1-2-30-23(29)17-5-3-11-26(14-17)15-22(28)27-20(21-6-4-12-31-21)13-19(25-27)16-7-9-18(24)10-8-16/h4,6-10,12,17,20H,2-3,5,11,13-15H2,1H3/t17-,20+/m1/s1. The number of carbonyl (C=O) groups is 2. The molecule has 0 spiro atoms. The summed E-state index contributed by atoms with van der Waals surface area (Å²) in [5.41, 5.74) is 1.48. The average Bonchev–Trinajstić information content (AvgIpc) is 3.45. The van der Waals surface area contributed by atoms with Gasteiger partial charge in [-0.1, -0.05) is 12.1 Å². The minimum Gasteiger partial charge on any atom is -0.467 e. The number of carbonyl (C=O) groups excluding carboxylic acids is 2. The van der Waals surface area contributed by atoms with Gasteiger partial charge in [-0.15, -0.1) is 0 Å². The van der Waals surface area contributed by atoms with Gasteiger partial charge < -0.3 is 9.15 Å². The van der Waals surface area contributed by atoms with E-state index in [2.05, 4.69) is 5.10 Å². The van der Waals surface area contributed by atoms with Gasteiger partial charge in [0.25, 0.3) is 5.91 Å². The van der Waals surface area contributed by atoms with Crippen LogP contribution in [0.15, 0.2) is 52.2 Å². The molecule has 0 saturated carbocycles. The molecule has 8 heteroatoms. The Morgan fingerprint density at radius 2 is 2.06 bits per heavy atom. The highest BCUT2D eigenvalue weighted by Gasteiger charge is 2.36. The molecule has 0 bridgehead atoms. The number of halogens is 1. The number of hydrazone groups is 1. The molecule has 2 aliphatic heterocycles. The molecule has 0 aliphatic carbocycles. The molecule has 0 unspecified atom stereocenters. The van der Waals surface area contributed by atoms with Gasteiger partial charge in [-0.3, -0.25) is 14.5 Å². The van der Waals surface area contributed by atoms with Crippen LogP contribution in [0.25, 0.3) is 0 Å². The van der Waals surface area contributed by atoms with Gasteiger partial charge in [-0.25, -0.2) is 9.40 Å². The summed E-state index contributed by atoms with van der Waals surface area (Å²) in [5.74, 6) is -0.246. The van der Waals surface area contributed by atoms with Gasteiger partial charge in [0.1, 0.15) is 17.6 Å². The van der Waals surface area contributed by atoms with E-state index in [1.807, 2.05) is 11.0 Å². The Morgan fingerprint density at radius 1 is 1.26 bits per heavy atom. The van der Waals surface area contributed by atoms with E-state index in [1.165, 1.54) is 17.1 Å². The second-order valence-corrected chi connectivity index (χ2v) is 7.85. The van der Waals surface area contributed by atoms with Crippen LogP contribution in [0.3, 0.4) is 0 Å². The first-order valence-corrected chi connectivity index (χ1v) is 10.6. The van der Waals surface area contributed by atoms with Crippen molar-refractivity contribution in [2.24, 2.45) is 11.0 Å². The lowest BCUT2D eigenvalue weighted by Crippen LogP contribution is -2.44. The topological polar surface area (TPSA) is 75.3 Å². The van der Waals surface area contributed by atoms with E-state index >= 15 is 0 Å². The molecular formula is C23H26FN3O4. The van der Waals surface area contributed by atoms with Crippen LogP contribution in [0.5, 0.6) is 0 Å². The number of hydrogen-bond acceptors (Lipinski definition) is 6. The van der Waals surface area contributed by atoms with E-state index in [-0.39, 0.29) is 36.2 Å². The minimum absolute atomic E-state index is 0.160. The summed E-state index contributed by atoms with van der Waals surface area (Å²) in [6, 6.07) is 9.34. The molecule has 4 rings (SSSR count). The Bertz CT molecular complexity index is 942. The summed E-state index contributed by atoms with van der Waals surface area (Å²) in [7, 11) is 0. The van der Waals surface area contributed by atoms with E-state index in [9.17, 15) is 14.0 Å². The molecule has 2 aliphatic rings. The van der Waals surface area contributed by atoms with E-state index < -0.39 is 0 Å². The van der Waals surface area contributed by atoms with Crippen molar-refractivity contribution in [2.75, 3.05) is 26.2 Å². The summed E-state index contributed by atoms with van der Waals surface area (Å²) in [6.07, 6.45) is 3.66. The highest BCUT2D eigenvalue weighted by molar-refractivity contribution is 6.03. The van der Waals surface area contributed by atoms with E-state index in [4.69, 9.17) is 9.15 Å². The third-order valence-electron chi connectivity index (χ3n) is 5.70. The van der Waals surface area contributed by atoms with Crippen molar-refractivity contribution < 1.29 is 23.1 Å². The molecule has 1 aromatic heterocycles. The number of esters is 1. The second kappa shape index (κ2) is 9.43. The van der Waals surface area contributed by atoms with Gasteiger partial charge in [-0.2, -0.15) is 5.10 Å². The summed E-state index contributed by atoms with van der Waals surface area (Å²) < 4.78 is 24.0. The molecule has 7 nitrogen and oxygen atoms in total. The quantitative estimate of drug-likeness (QED) is 0.661. The van der Waals surface area contributed by atoms with Crippen molar-refractivity contribution >= 4 is 17.6 Å². The molecule has 1 amide bonds. The van der Waals surface area contributed by atoms with Gasteiger partial charge in [0, 0.05) is 13.0 Å². The molecule has 1 saturated heterocycles. The number of amides is 1. The number of piperidine rings is 1. The number of ether oxygens (including phenoxy) is 1. The first-order chi connectivity index (χ1) is 15.0. The van der Waals surface area contributed by atoms with Crippen molar-refractivity contribution in [1.29, 1.82) is 0 Å². The van der Waals surface area contributed by atoms with Crippen molar-refractivity contribution in [3.05, 3.63) is 59.8 Å². The Morgan fingerprint density at radius 3 is 2.77 bits per heavy atom. The van der Waals surface area contributed by atoms with Gasteiger partial charge in [0.2, 0.25) is 0 Å². The molecule has 1 fully saturated rings. The first kappa shape index (κ1) is 21.2. The van der Waals surface area contributed by atoms with Gasteiger partial charge in [-0.05, 0) is 56.1 Å². The fraction of sp³-hybridized carbons (Fsp3) is 0.435. The Hall–Kier alpha value is -3.00. The van der Waals surface area contributed by atoms with Gasteiger partial charge >= 0.3 is 5.97 Å². The summed E-state index contributed by atoms with van der Waals surface area (Å²) in [4.78, 5) is 27.3. The Labute approximate surface area is 180 Å². The van der Waals surface area contributed by atoms with Crippen molar-refractivity contribution in [2.45, 2.75) is 32.2 Å². The lowest BCUT2D eigenvalue weighted by atomic mass is 9.98. The summed E-state index contributed by atoms with van der Waals surface area (Å²) >= 11 is 0. The predicted molar refractivity (Wildman–Crippen MR) is 112 cm³/mol. The number of furan rings is 1. The maximum absolute atomic E-state index is 13.3. The zero-order valence-electron chi connectivity index (χ0n) is 17.5. The van der Waals surface area contributed by atoms with Gasteiger partial charge in [0.15, 0.2) is 0 Å². The third-order valence-corrected chi connectivity index (χ3v) is 5.70. The Kier molecular flexibility index (Phi) is 6.46. The molecule has 0 radical (unpaired) electrons. The zero-order valence-corrected chi connectivity index (χ0v) is 17.5. The molecule has 164 valence electrons. The maximum Gasteiger partial charge on any atom is 0.310 e.